The Morgan fingerprint density at radius 3 is 1.12 bits per heavy atom. The van der Waals surface area contributed by atoms with Crippen LogP contribution >= 0.6 is 0 Å². The highest BCUT2D eigenvalue weighted by atomic mass is 16.5. The zero-order valence-electron chi connectivity index (χ0n) is 43.5. The summed E-state index contributed by atoms with van der Waals surface area (Å²) in [6.07, 6.45) is 16.0. The lowest BCUT2D eigenvalue weighted by molar-refractivity contribution is 0.0496. The molecule has 0 aliphatic carbocycles. The van der Waals surface area contributed by atoms with E-state index in [0.29, 0.717) is 48.7 Å². The van der Waals surface area contributed by atoms with Crippen LogP contribution in [0.25, 0.3) is 43.8 Å². The van der Waals surface area contributed by atoms with Gasteiger partial charge in [-0.1, -0.05) is 175 Å². The number of rotatable bonds is 22. The zero-order valence-corrected chi connectivity index (χ0v) is 43.5. The maximum absolute atomic E-state index is 14.2. The van der Waals surface area contributed by atoms with Crippen molar-refractivity contribution in [3.8, 4) is 56.8 Å². The molecule has 0 saturated heterocycles. The van der Waals surface area contributed by atoms with Crippen LogP contribution in [0.5, 0.6) is 34.5 Å². The first-order valence-corrected chi connectivity index (χ1v) is 27.3. The standard InChI is InChI=1S/C67H68O8/c1-3-5-7-9-11-17-39-70-53-31-23-47(24-32-53)49-27-35-55(36-28-49)74-65(68)61-41-51-43-67(45-72-63(51)59-21-15-13-19-57(59)61)44-52-42-62(58-20-14-16-22-60(58)64(52)73-46-67)66(69)75-56-37-29-50(30-38-56)48-25-33-54(34-26-48)71-40-18-12-10-8-6-4-2/h13-16,19-38,41-42H,3-12,17-18,39-40,43-46H2,1-2H3. The van der Waals surface area contributed by atoms with Crippen LogP contribution in [0.3, 0.4) is 0 Å². The van der Waals surface area contributed by atoms with Gasteiger partial charge in [-0.25, -0.2) is 9.59 Å². The molecule has 0 saturated carbocycles. The van der Waals surface area contributed by atoms with Crippen LogP contribution in [0.15, 0.2) is 158 Å². The van der Waals surface area contributed by atoms with Crippen molar-refractivity contribution in [2.24, 2.45) is 5.41 Å². The molecule has 0 radical (unpaired) electrons. The number of esters is 2. The van der Waals surface area contributed by atoms with E-state index in [-0.39, 0.29) is 0 Å². The van der Waals surface area contributed by atoms with E-state index in [2.05, 4.69) is 38.1 Å². The highest BCUT2D eigenvalue weighted by Crippen LogP contribution is 2.48. The van der Waals surface area contributed by atoms with Gasteiger partial charge in [0, 0.05) is 16.2 Å². The molecule has 1 spiro atoms. The first-order valence-electron chi connectivity index (χ1n) is 27.3. The molecule has 0 fully saturated rings. The summed E-state index contributed by atoms with van der Waals surface area (Å²) in [5.41, 5.74) is 6.42. The molecular formula is C67H68O8. The van der Waals surface area contributed by atoms with E-state index in [0.717, 1.165) is 104 Å². The van der Waals surface area contributed by atoms with Gasteiger partial charge in [-0.05, 0) is 131 Å². The van der Waals surface area contributed by atoms with Gasteiger partial charge >= 0.3 is 11.9 Å². The molecule has 2 heterocycles. The number of benzene rings is 8. The Hall–Kier alpha value is -7.58. The fourth-order valence-electron chi connectivity index (χ4n) is 10.7. The van der Waals surface area contributed by atoms with Crippen LogP contribution in [0.1, 0.15) is 123 Å². The minimum Gasteiger partial charge on any atom is -0.494 e. The lowest BCUT2D eigenvalue weighted by atomic mass is 9.73. The van der Waals surface area contributed by atoms with Crippen molar-refractivity contribution in [1.82, 2.24) is 0 Å². The molecule has 2 aliphatic heterocycles. The molecule has 0 unspecified atom stereocenters. The molecule has 2 aliphatic rings. The maximum atomic E-state index is 14.2. The molecule has 8 aromatic carbocycles. The van der Waals surface area contributed by atoms with Crippen LogP contribution in [-0.2, 0) is 12.8 Å². The second-order valence-corrected chi connectivity index (χ2v) is 20.5. The minimum absolute atomic E-state index is 0.405. The highest BCUT2D eigenvalue weighted by molar-refractivity contribution is 6.09. The third-order valence-electron chi connectivity index (χ3n) is 14.8. The van der Waals surface area contributed by atoms with Crippen molar-refractivity contribution in [3.05, 3.63) is 180 Å². The summed E-state index contributed by atoms with van der Waals surface area (Å²) in [6, 6.07) is 51.0. The lowest BCUT2D eigenvalue weighted by Gasteiger charge is -2.42. The first kappa shape index (κ1) is 50.9. The van der Waals surface area contributed by atoms with Gasteiger partial charge in [-0.15, -0.1) is 0 Å². The Bertz CT molecular complexity index is 2990. The molecular weight excluding hydrogens is 933 g/mol. The second kappa shape index (κ2) is 24.2. The predicted molar refractivity (Wildman–Crippen MR) is 300 cm³/mol. The van der Waals surface area contributed by atoms with Crippen molar-refractivity contribution >= 4 is 33.5 Å². The normalized spacial score (nSPS) is 13.4. The third kappa shape index (κ3) is 12.2. The molecule has 0 amide bonds. The number of hydrogen-bond donors (Lipinski definition) is 0. The number of hydrogen-bond acceptors (Lipinski definition) is 8. The lowest BCUT2D eigenvalue weighted by Crippen LogP contribution is -2.44. The highest BCUT2D eigenvalue weighted by Gasteiger charge is 2.42. The summed E-state index contributed by atoms with van der Waals surface area (Å²) < 4.78 is 37.5. The van der Waals surface area contributed by atoms with Crippen molar-refractivity contribution in [2.45, 2.75) is 104 Å². The Kier molecular flexibility index (Phi) is 16.4. The Morgan fingerprint density at radius 2 is 0.747 bits per heavy atom. The molecule has 8 nitrogen and oxygen atoms in total. The number of fused-ring (bicyclic) bond motifs is 6. The SMILES string of the molecule is CCCCCCCCOc1ccc(-c2ccc(OC(=O)c3cc4c(c5ccccc35)OCC3(COc5c(cc(C(=O)Oc6ccc(-c7ccc(OCCCCCCCC)cc7)cc6)c6ccccc56)C3)C4)cc2)cc1. The van der Waals surface area contributed by atoms with Gasteiger partial charge in [0.1, 0.15) is 34.5 Å². The topological polar surface area (TPSA) is 89.5 Å². The van der Waals surface area contributed by atoms with Crippen LogP contribution < -0.4 is 28.4 Å². The Balaban J connectivity index is 0.802. The maximum Gasteiger partial charge on any atom is 0.344 e. The number of ether oxygens (including phenoxy) is 6. The fourth-order valence-corrected chi connectivity index (χ4v) is 10.7. The van der Waals surface area contributed by atoms with Gasteiger partial charge < -0.3 is 28.4 Å². The smallest absolute Gasteiger partial charge is 0.344 e. The molecule has 8 heteroatoms. The van der Waals surface area contributed by atoms with Crippen molar-refractivity contribution in [1.29, 1.82) is 0 Å². The minimum atomic E-state index is -0.463. The molecule has 0 aromatic heterocycles. The molecule has 10 rings (SSSR count). The molecule has 384 valence electrons. The summed E-state index contributed by atoms with van der Waals surface area (Å²) in [4.78, 5) is 28.4. The number of carbonyl (C=O) groups excluding carboxylic acids is 2. The van der Waals surface area contributed by atoms with Gasteiger partial charge in [0.2, 0.25) is 0 Å². The number of unbranched alkanes of at least 4 members (excludes halogenated alkanes) is 10. The number of carbonyl (C=O) groups is 2. The average molecular weight is 1000 g/mol. The van der Waals surface area contributed by atoms with Crippen molar-refractivity contribution in [3.63, 3.8) is 0 Å². The van der Waals surface area contributed by atoms with Crippen molar-refractivity contribution < 1.29 is 38.0 Å². The molecule has 75 heavy (non-hydrogen) atoms. The van der Waals surface area contributed by atoms with E-state index < -0.39 is 17.4 Å². The molecule has 0 bridgehead atoms. The van der Waals surface area contributed by atoms with Crippen molar-refractivity contribution in [2.75, 3.05) is 26.4 Å². The summed E-state index contributed by atoms with van der Waals surface area (Å²) in [6.45, 7) is 6.74. The summed E-state index contributed by atoms with van der Waals surface area (Å²) in [5, 5.41) is 3.24. The quantitative estimate of drug-likeness (QED) is 0.0377. The zero-order chi connectivity index (χ0) is 51.4. The van der Waals surface area contributed by atoms with E-state index in [4.69, 9.17) is 28.4 Å². The monoisotopic (exact) mass is 1000 g/mol. The van der Waals surface area contributed by atoms with Gasteiger partial charge in [-0.2, -0.15) is 0 Å². The van der Waals surface area contributed by atoms with E-state index in [9.17, 15) is 9.59 Å². The summed E-state index contributed by atoms with van der Waals surface area (Å²) in [7, 11) is 0. The van der Waals surface area contributed by atoms with Crippen LogP contribution in [-0.4, -0.2) is 38.4 Å². The average Bonchev–Trinajstić information content (AvgIpc) is 3.45. The van der Waals surface area contributed by atoms with Gasteiger partial charge in [-0.3, -0.25) is 0 Å². The van der Waals surface area contributed by atoms with Crippen LogP contribution in [0.4, 0.5) is 0 Å². The molecule has 8 aromatic rings. The van der Waals surface area contributed by atoms with E-state index in [1.54, 1.807) is 0 Å². The van der Waals surface area contributed by atoms with Crippen LogP contribution in [0.2, 0.25) is 0 Å². The van der Waals surface area contributed by atoms with Gasteiger partial charge in [0.25, 0.3) is 0 Å². The fraction of sp³-hybridized carbons (Fsp3) is 0.313. The molecule has 0 N–H and O–H groups in total. The third-order valence-corrected chi connectivity index (χ3v) is 14.8. The Labute approximate surface area is 441 Å². The van der Waals surface area contributed by atoms with Gasteiger partial charge in [0.15, 0.2) is 0 Å². The largest absolute Gasteiger partial charge is 0.494 e. The Morgan fingerprint density at radius 1 is 0.413 bits per heavy atom. The summed E-state index contributed by atoms with van der Waals surface area (Å²) in [5.74, 6) is 3.29. The summed E-state index contributed by atoms with van der Waals surface area (Å²) >= 11 is 0. The molecule has 0 atom stereocenters. The van der Waals surface area contributed by atoms with E-state index in [1.807, 2.05) is 133 Å². The van der Waals surface area contributed by atoms with E-state index in [1.165, 1.54) is 64.2 Å². The van der Waals surface area contributed by atoms with Crippen LogP contribution in [0, 0.1) is 5.41 Å². The van der Waals surface area contributed by atoms with Gasteiger partial charge in [0.05, 0.1) is 37.6 Å². The van der Waals surface area contributed by atoms with E-state index >= 15 is 0 Å². The second-order valence-electron chi connectivity index (χ2n) is 20.5. The predicted octanol–water partition coefficient (Wildman–Crippen LogP) is 16.8. The first-order chi connectivity index (χ1) is 36.9.